The van der Waals surface area contributed by atoms with Crippen LogP contribution < -0.4 is 10.1 Å². The van der Waals surface area contributed by atoms with Crippen LogP contribution in [0.15, 0.2) is 18.6 Å². The summed E-state index contributed by atoms with van der Waals surface area (Å²) in [5.41, 5.74) is 1.87. The number of ether oxygens (including phenoxy) is 2. The summed E-state index contributed by atoms with van der Waals surface area (Å²) in [5, 5.41) is 3.38. The third kappa shape index (κ3) is 2.28. The maximum absolute atomic E-state index is 6.10. The van der Waals surface area contributed by atoms with Gasteiger partial charge in [0.05, 0.1) is 24.1 Å². The number of hydrogen-bond acceptors (Lipinski definition) is 5. The van der Waals surface area contributed by atoms with Crippen molar-refractivity contribution in [3.8, 4) is 5.88 Å². The van der Waals surface area contributed by atoms with E-state index in [0.29, 0.717) is 12.5 Å². The fraction of sp³-hybridized carbons (Fsp3) is 0.600. The van der Waals surface area contributed by atoms with Crippen molar-refractivity contribution in [2.24, 2.45) is 7.05 Å². The van der Waals surface area contributed by atoms with Crippen LogP contribution in [-0.4, -0.2) is 45.9 Å². The molecule has 2 aliphatic heterocycles. The Morgan fingerprint density at radius 1 is 1.38 bits per heavy atom. The molecule has 1 spiro atoms. The molecule has 21 heavy (non-hydrogen) atoms. The van der Waals surface area contributed by atoms with E-state index in [9.17, 15) is 0 Å². The molecule has 0 bridgehead atoms. The van der Waals surface area contributed by atoms with Gasteiger partial charge in [0.15, 0.2) is 5.52 Å². The minimum absolute atomic E-state index is 0.00787. The Bertz CT molecular complexity index is 648. The number of aromatic nitrogens is 3. The molecule has 1 N–H and O–H groups in total. The maximum atomic E-state index is 6.10. The zero-order chi connectivity index (χ0) is 14.3. The van der Waals surface area contributed by atoms with Crippen LogP contribution >= 0.6 is 0 Å². The Kier molecular flexibility index (Phi) is 3.08. The first kappa shape index (κ1) is 13.0. The Morgan fingerprint density at radius 2 is 2.24 bits per heavy atom. The van der Waals surface area contributed by atoms with E-state index in [1.54, 1.807) is 12.5 Å². The van der Waals surface area contributed by atoms with Crippen LogP contribution in [0, 0.1) is 0 Å². The van der Waals surface area contributed by atoms with Gasteiger partial charge in [-0.05, 0) is 32.0 Å². The molecule has 2 aromatic rings. The van der Waals surface area contributed by atoms with Gasteiger partial charge in [0.1, 0.15) is 6.10 Å². The lowest BCUT2D eigenvalue weighted by atomic mass is 9.89. The summed E-state index contributed by atoms with van der Waals surface area (Å²) in [6.07, 6.45) is 6.71. The zero-order valence-corrected chi connectivity index (χ0v) is 12.2. The smallest absolute Gasteiger partial charge is 0.242 e. The molecule has 2 saturated heterocycles. The maximum Gasteiger partial charge on any atom is 0.242 e. The summed E-state index contributed by atoms with van der Waals surface area (Å²) in [6, 6.07) is 1.95. The standard InChI is InChI=1S/C15H20N4O2/c1-19-10-18-13-12(19)2-5-17-14(13)21-11-8-15(20-9-11)3-6-16-7-4-15/h2,5,10-11,16H,3-4,6-9H2,1H3. The topological polar surface area (TPSA) is 61.2 Å². The normalized spacial score (nSPS) is 24.7. The lowest BCUT2D eigenvalue weighted by molar-refractivity contribution is -0.0205. The summed E-state index contributed by atoms with van der Waals surface area (Å²) >= 11 is 0. The van der Waals surface area contributed by atoms with Crippen molar-refractivity contribution in [3.63, 3.8) is 0 Å². The molecule has 0 saturated carbocycles. The van der Waals surface area contributed by atoms with Crippen molar-refractivity contribution < 1.29 is 9.47 Å². The van der Waals surface area contributed by atoms with E-state index < -0.39 is 0 Å². The van der Waals surface area contributed by atoms with E-state index in [4.69, 9.17) is 9.47 Å². The lowest BCUT2D eigenvalue weighted by Gasteiger charge is -2.32. The van der Waals surface area contributed by atoms with Crippen molar-refractivity contribution in [2.45, 2.75) is 31.0 Å². The quantitative estimate of drug-likeness (QED) is 0.901. The van der Waals surface area contributed by atoms with Gasteiger partial charge < -0.3 is 19.4 Å². The SMILES string of the molecule is Cn1cnc2c(OC3COC4(CCNCC4)C3)nccc21. The van der Waals surface area contributed by atoms with Gasteiger partial charge >= 0.3 is 0 Å². The molecule has 6 heteroatoms. The van der Waals surface area contributed by atoms with Gasteiger partial charge in [-0.3, -0.25) is 0 Å². The molecule has 1 unspecified atom stereocenters. The summed E-state index contributed by atoms with van der Waals surface area (Å²) in [6.45, 7) is 2.70. The largest absolute Gasteiger partial charge is 0.470 e. The second-order valence-electron chi connectivity index (χ2n) is 6.03. The minimum Gasteiger partial charge on any atom is -0.470 e. The molecular weight excluding hydrogens is 268 g/mol. The molecule has 112 valence electrons. The molecule has 2 aromatic heterocycles. The highest BCUT2D eigenvalue weighted by molar-refractivity contribution is 5.79. The monoisotopic (exact) mass is 288 g/mol. The van der Waals surface area contributed by atoms with Crippen molar-refractivity contribution in [1.82, 2.24) is 19.9 Å². The number of hydrogen-bond donors (Lipinski definition) is 1. The van der Waals surface area contributed by atoms with E-state index in [1.165, 1.54) is 0 Å². The van der Waals surface area contributed by atoms with Crippen LogP contribution in [0.3, 0.4) is 0 Å². The van der Waals surface area contributed by atoms with E-state index in [-0.39, 0.29) is 11.7 Å². The third-order valence-corrected chi connectivity index (χ3v) is 4.58. The highest BCUT2D eigenvalue weighted by Gasteiger charge is 2.42. The zero-order valence-electron chi connectivity index (χ0n) is 12.2. The van der Waals surface area contributed by atoms with Crippen LogP contribution in [-0.2, 0) is 11.8 Å². The molecule has 0 aliphatic carbocycles. The second kappa shape index (κ2) is 4.96. The number of rotatable bonds is 2. The predicted octanol–water partition coefficient (Wildman–Crippen LogP) is 1.26. The summed E-state index contributed by atoms with van der Waals surface area (Å²) < 4.78 is 14.1. The number of fused-ring (bicyclic) bond motifs is 1. The van der Waals surface area contributed by atoms with Gasteiger partial charge in [-0.15, -0.1) is 0 Å². The first-order valence-electron chi connectivity index (χ1n) is 7.53. The van der Waals surface area contributed by atoms with Crippen LogP contribution in [0.1, 0.15) is 19.3 Å². The lowest BCUT2D eigenvalue weighted by Crippen LogP contribution is -2.41. The van der Waals surface area contributed by atoms with E-state index >= 15 is 0 Å². The second-order valence-corrected chi connectivity index (χ2v) is 6.03. The molecule has 0 aromatic carbocycles. The van der Waals surface area contributed by atoms with Crippen molar-refractivity contribution in [2.75, 3.05) is 19.7 Å². The average molecular weight is 288 g/mol. The Morgan fingerprint density at radius 3 is 3.10 bits per heavy atom. The fourth-order valence-electron chi connectivity index (χ4n) is 3.39. The Hall–Kier alpha value is -1.66. The van der Waals surface area contributed by atoms with Gasteiger partial charge in [-0.2, -0.15) is 0 Å². The highest BCUT2D eigenvalue weighted by atomic mass is 16.6. The number of imidazole rings is 1. The first-order chi connectivity index (χ1) is 10.3. The summed E-state index contributed by atoms with van der Waals surface area (Å²) in [7, 11) is 1.97. The molecule has 1 atom stereocenters. The number of pyridine rings is 1. The molecule has 0 radical (unpaired) electrons. The van der Waals surface area contributed by atoms with Gasteiger partial charge in [0, 0.05) is 19.7 Å². The van der Waals surface area contributed by atoms with Gasteiger partial charge in [0.25, 0.3) is 0 Å². The van der Waals surface area contributed by atoms with Crippen LogP contribution in [0.4, 0.5) is 0 Å². The van der Waals surface area contributed by atoms with E-state index in [1.807, 2.05) is 17.7 Å². The average Bonchev–Trinajstić information content (AvgIpc) is 3.06. The fourth-order valence-corrected chi connectivity index (χ4v) is 3.39. The summed E-state index contributed by atoms with van der Waals surface area (Å²) in [4.78, 5) is 8.74. The third-order valence-electron chi connectivity index (χ3n) is 4.58. The van der Waals surface area contributed by atoms with Gasteiger partial charge in [0.2, 0.25) is 5.88 Å². The minimum atomic E-state index is 0.00787. The van der Waals surface area contributed by atoms with E-state index in [0.717, 1.165) is 43.4 Å². The summed E-state index contributed by atoms with van der Waals surface area (Å²) in [5.74, 6) is 0.618. The molecule has 0 amide bonds. The van der Waals surface area contributed by atoms with Crippen molar-refractivity contribution >= 4 is 11.0 Å². The van der Waals surface area contributed by atoms with Crippen molar-refractivity contribution in [3.05, 3.63) is 18.6 Å². The highest BCUT2D eigenvalue weighted by Crippen LogP contribution is 2.36. The number of nitrogens with zero attached hydrogens (tertiary/aromatic N) is 3. The predicted molar refractivity (Wildman–Crippen MR) is 78.3 cm³/mol. The van der Waals surface area contributed by atoms with Gasteiger partial charge in [-0.1, -0.05) is 0 Å². The Labute approximate surface area is 123 Å². The number of nitrogens with one attached hydrogen (secondary N) is 1. The molecule has 4 heterocycles. The molecule has 2 aliphatic rings. The molecule has 4 rings (SSSR count). The molecule has 2 fully saturated rings. The van der Waals surface area contributed by atoms with Crippen LogP contribution in [0.2, 0.25) is 0 Å². The Balaban J connectivity index is 1.53. The molecular formula is C15H20N4O2. The van der Waals surface area contributed by atoms with Crippen LogP contribution in [0.5, 0.6) is 5.88 Å². The van der Waals surface area contributed by atoms with E-state index in [2.05, 4.69) is 15.3 Å². The number of piperidine rings is 1. The van der Waals surface area contributed by atoms with Gasteiger partial charge in [-0.25, -0.2) is 9.97 Å². The van der Waals surface area contributed by atoms with Crippen molar-refractivity contribution in [1.29, 1.82) is 0 Å². The first-order valence-corrected chi connectivity index (χ1v) is 7.53. The van der Waals surface area contributed by atoms with Crippen LogP contribution in [0.25, 0.3) is 11.0 Å². The number of aryl methyl sites for hydroxylation is 1. The molecule has 6 nitrogen and oxygen atoms in total.